The van der Waals surface area contributed by atoms with Crippen molar-refractivity contribution in [1.29, 1.82) is 0 Å². The minimum absolute atomic E-state index is 0.154. The van der Waals surface area contributed by atoms with E-state index in [0.29, 0.717) is 5.75 Å². The second-order valence-electron chi connectivity index (χ2n) is 6.56. The fraction of sp³-hybridized carbons (Fsp3) is 0.174. The first-order chi connectivity index (χ1) is 15.0. The largest absolute Gasteiger partial charge is 0.497 e. The second-order valence-corrected chi connectivity index (χ2v) is 6.56. The number of carboxylic acid groups (broad SMARTS) is 1. The van der Waals surface area contributed by atoms with Crippen molar-refractivity contribution in [1.82, 2.24) is 9.78 Å². The predicted molar refractivity (Wildman–Crippen MR) is 115 cm³/mol. The van der Waals surface area contributed by atoms with Crippen molar-refractivity contribution >= 4 is 12.0 Å². The van der Waals surface area contributed by atoms with Gasteiger partial charge in [-0.2, -0.15) is 0 Å². The van der Waals surface area contributed by atoms with Gasteiger partial charge < -0.3 is 19.3 Å². The van der Waals surface area contributed by atoms with Crippen molar-refractivity contribution in [3.63, 3.8) is 0 Å². The summed E-state index contributed by atoms with van der Waals surface area (Å²) in [6.45, 7) is 0.413. The number of carbonyl (C=O) groups is 1. The molecule has 0 saturated heterocycles. The molecule has 2 aromatic carbocycles. The third-order valence-corrected chi connectivity index (χ3v) is 4.42. The molecule has 1 heterocycles. The van der Waals surface area contributed by atoms with E-state index < -0.39 is 5.97 Å². The van der Waals surface area contributed by atoms with Crippen molar-refractivity contribution in [3.05, 3.63) is 87.7 Å². The normalized spacial score (nSPS) is 10.8. The Morgan fingerprint density at radius 2 is 1.58 bits per heavy atom. The lowest BCUT2D eigenvalue weighted by molar-refractivity contribution is -0.131. The van der Waals surface area contributed by atoms with E-state index in [-0.39, 0.29) is 30.2 Å². The molecule has 8 nitrogen and oxygen atoms in total. The predicted octanol–water partition coefficient (Wildman–Crippen LogP) is 2.99. The Morgan fingerprint density at radius 1 is 1.00 bits per heavy atom. The summed E-state index contributed by atoms with van der Waals surface area (Å²) in [6, 6.07) is 15.9. The lowest BCUT2D eigenvalue weighted by Crippen LogP contribution is -2.24. The number of benzene rings is 2. The molecule has 0 aliphatic heterocycles. The van der Waals surface area contributed by atoms with Gasteiger partial charge in [0.05, 0.1) is 20.8 Å². The fourth-order valence-corrected chi connectivity index (χ4v) is 2.77. The number of carboxylic acids is 1. The smallest absolute Gasteiger partial charge is 0.328 e. The van der Waals surface area contributed by atoms with Crippen LogP contribution >= 0.6 is 0 Å². The van der Waals surface area contributed by atoms with E-state index in [1.165, 1.54) is 16.8 Å². The Kier molecular flexibility index (Phi) is 7.05. The van der Waals surface area contributed by atoms with Crippen molar-refractivity contribution in [2.24, 2.45) is 0 Å². The Hall–Kier alpha value is -4.07. The van der Waals surface area contributed by atoms with Crippen LogP contribution in [0.4, 0.5) is 0 Å². The van der Waals surface area contributed by atoms with E-state index >= 15 is 0 Å². The average Bonchev–Trinajstić information content (AvgIpc) is 2.79. The van der Waals surface area contributed by atoms with Gasteiger partial charge in [-0.05, 0) is 41.5 Å². The molecular weight excluding hydrogens is 400 g/mol. The minimum Gasteiger partial charge on any atom is -0.497 e. The number of rotatable bonds is 9. The molecule has 0 radical (unpaired) electrons. The summed E-state index contributed by atoms with van der Waals surface area (Å²) in [5, 5.41) is 13.2. The molecule has 0 fully saturated rings. The van der Waals surface area contributed by atoms with Crippen LogP contribution in [0.25, 0.3) is 6.08 Å². The molecule has 0 unspecified atom stereocenters. The Bertz CT molecular complexity index is 1120. The molecule has 0 aliphatic carbocycles. The monoisotopic (exact) mass is 422 g/mol. The van der Waals surface area contributed by atoms with Crippen molar-refractivity contribution in [2.45, 2.75) is 13.2 Å². The molecule has 0 amide bonds. The molecule has 0 saturated carbocycles. The third-order valence-electron chi connectivity index (χ3n) is 4.42. The van der Waals surface area contributed by atoms with E-state index in [1.807, 2.05) is 36.4 Å². The molecule has 8 heteroatoms. The van der Waals surface area contributed by atoms with Crippen LogP contribution in [-0.4, -0.2) is 35.1 Å². The highest BCUT2D eigenvalue weighted by Gasteiger charge is 2.10. The molecule has 160 valence electrons. The Balaban J connectivity index is 1.87. The van der Waals surface area contributed by atoms with E-state index in [9.17, 15) is 9.59 Å². The van der Waals surface area contributed by atoms with Gasteiger partial charge in [-0.3, -0.25) is 4.79 Å². The van der Waals surface area contributed by atoms with Crippen LogP contribution < -0.4 is 19.8 Å². The lowest BCUT2D eigenvalue weighted by atomic mass is 10.2. The lowest BCUT2D eigenvalue weighted by Gasteiger charge is -2.12. The first-order valence-electron chi connectivity index (χ1n) is 9.40. The van der Waals surface area contributed by atoms with Gasteiger partial charge in [-0.1, -0.05) is 24.3 Å². The van der Waals surface area contributed by atoms with Crippen LogP contribution in [0, 0.1) is 0 Å². The molecule has 1 aromatic heterocycles. The first-order valence-corrected chi connectivity index (χ1v) is 9.40. The van der Waals surface area contributed by atoms with Crippen LogP contribution in [-0.2, 0) is 17.9 Å². The van der Waals surface area contributed by atoms with Gasteiger partial charge in [-0.15, -0.1) is 5.10 Å². The maximum Gasteiger partial charge on any atom is 0.328 e. The Morgan fingerprint density at radius 3 is 2.13 bits per heavy atom. The van der Waals surface area contributed by atoms with E-state index in [2.05, 4.69) is 5.10 Å². The second kappa shape index (κ2) is 10.1. The molecule has 0 spiro atoms. The van der Waals surface area contributed by atoms with Gasteiger partial charge in [0.2, 0.25) is 5.88 Å². The van der Waals surface area contributed by atoms with Crippen LogP contribution in [0.1, 0.15) is 16.7 Å². The number of methoxy groups -OCH3 is 2. The quantitative estimate of drug-likeness (QED) is 0.529. The van der Waals surface area contributed by atoms with Crippen LogP contribution in [0.15, 0.2) is 65.5 Å². The maximum absolute atomic E-state index is 12.5. The average molecular weight is 422 g/mol. The highest BCUT2D eigenvalue weighted by Crippen LogP contribution is 2.19. The number of aromatic nitrogens is 2. The fourth-order valence-electron chi connectivity index (χ4n) is 2.77. The van der Waals surface area contributed by atoms with Crippen molar-refractivity contribution in [3.8, 4) is 17.4 Å². The molecule has 31 heavy (non-hydrogen) atoms. The highest BCUT2D eigenvalue weighted by molar-refractivity contribution is 5.85. The maximum atomic E-state index is 12.5. The standard InChI is InChI=1S/C23H22N2O6/c1-29-19-8-3-16(4-9-19)14-25-21(26)13-18(7-12-22(27)28)23(24-25)31-15-17-5-10-20(30-2)11-6-17/h3-13H,14-15H2,1-2H3,(H,27,28). The van der Waals surface area contributed by atoms with Crippen molar-refractivity contribution < 1.29 is 24.1 Å². The van der Waals surface area contributed by atoms with Gasteiger partial charge in [0.1, 0.15) is 18.1 Å². The minimum atomic E-state index is -1.14. The van der Waals surface area contributed by atoms with Crippen molar-refractivity contribution in [2.75, 3.05) is 14.2 Å². The molecule has 3 aromatic rings. The molecule has 3 rings (SSSR count). The summed E-state index contributed by atoms with van der Waals surface area (Å²) >= 11 is 0. The first kappa shape index (κ1) is 21.6. The van der Waals surface area contributed by atoms with Crippen LogP contribution in [0.3, 0.4) is 0 Å². The summed E-state index contributed by atoms with van der Waals surface area (Å²) in [5.41, 5.74) is 1.62. The van der Waals surface area contributed by atoms with Crippen LogP contribution in [0.2, 0.25) is 0 Å². The van der Waals surface area contributed by atoms with E-state index in [0.717, 1.165) is 23.0 Å². The third kappa shape index (κ3) is 5.96. The number of aliphatic carboxylic acids is 1. The zero-order chi connectivity index (χ0) is 22.2. The SMILES string of the molecule is COc1ccc(COc2nn(Cc3ccc(OC)cc3)c(=O)cc2C=CC(=O)O)cc1. The molecule has 0 atom stereocenters. The molecule has 1 N–H and O–H groups in total. The molecule has 0 bridgehead atoms. The molecular formula is C23H22N2O6. The summed E-state index contributed by atoms with van der Waals surface area (Å²) in [6.07, 6.45) is 2.22. The number of hydrogen-bond donors (Lipinski definition) is 1. The van der Waals surface area contributed by atoms with Gasteiger partial charge in [0.25, 0.3) is 5.56 Å². The number of ether oxygens (including phenoxy) is 3. The summed E-state index contributed by atoms with van der Waals surface area (Å²) in [4.78, 5) is 23.4. The number of nitrogens with zero attached hydrogens (tertiary/aromatic N) is 2. The van der Waals surface area contributed by atoms with Gasteiger partial charge in [0, 0.05) is 17.7 Å². The summed E-state index contributed by atoms with van der Waals surface area (Å²) < 4.78 is 17.4. The van der Waals surface area contributed by atoms with E-state index in [4.69, 9.17) is 19.3 Å². The van der Waals surface area contributed by atoms with E-state index in [1.54, 1.807) is 26.4 Å². The summed E-state index contributed by atoms with van der Waals surface area (Å²) in [7, 11) is 3.17. The zero-order valence-electron chi connectivity index (χ0n) is 17.1. The molecule has 0 aliphatic rings. The van der Waals surface area contributed by atoms with Gasteiger partial charge in [-0.25, -0.2) is 9.48 Å². The Labute approximate surface area is 178 Å². The highest BCUT2D eigenvalue weighted by atomic mass is 16.5. The van der Waals surface area contributed by atoms with Gasteiger partial charge >= 0.3 is 5.97 Å². The zero-order valence-corrected chi connectivity index (χ0v) is 17.1. The summed E-state index contributed by atoms with van der Waals surface area (Å²) in [5.74, 6) is 0.451. The number of hydrogen-bond acceptors (Lipinski definition) is 6. The van der Waals surface area contributed by atoms with Gasteiger partial charge in [0.15, 0.2) is 0 Å². The topological polar surface area (TPSA) is 99.9 Å². The van der Waals surface area contributed by atoms with Crippen LogP contribution in [0.5, 0.6) is 17.4 Å².